The fourth-order valence-corrected chi connectivity index (χ4v) is 2.43. The first-order valence-corrected chi connectivity index (χ1v) is 7.48. The summed E-state index contributed by atoms with van der Waals surface area (Å²) >= 11 is 0. The Morgan fingerprint density at radius 3 is 2.55 bits per heavy atom. The lowest BCUT2D eigenvalue weighted by Gasteiger charge is -2.26. The highest BCUT2D eigenvalue weighted by molar-refractivity contribution is 5.77. The highest BCUT2D eigenvalue weighted by Crippen LogP contribution is 2.25. The van der Waals surface area contributed by atoms with Gasteiger partial charge in [-0.25, -0.2) is 0 Å². The van der Waals surface area contributed by atoms with Crippen molar-refractivity contribution in [1.29, 1.82) is 0 Å². The summed E-state index contributed by atoms with van der Waals surface area (Å²) < 4.78 is 5.67. The first-order chi connectivity index (χ1) is 9.47. The fraction of sp³-hybridized carbons (Fsp3) is 0.588. The van der Waals surface area contributed by atoms with Crippen molar-refractivity contribution in [2.45, 2.75) is 45.4 Å². The van der Waals surface area contributed by atoms with Crippen LogP contribution in [0.15, 0.2) is 24.3 Å². The van der Waals surface area contributed by atoms with Crippen molar-refractivity contribution in [2.75, 3.05) is 19.7 Å². The summed E-state index contributed by atoms with van der Waals surface area (Å²) in [6.07, 6.45) is 3.47. The van der Waals surface area contributed by atoms with E-state index in [1.54, 1.807) is 0 Å². The molecule has 1 amide bonds. The van der Waals surface area contributed by atoms with Crippen molar-refractivity contribution in [1.82, 2.24) is 4.90 Å². The highest BCUT2D eigenvalue weighted by Gasteiger charge is 2.17. The molecule has 1 saturated heterocycles. The van der Waals surface area contributed by atoms with Gasteiger partial charge >= 0.3 is 0 Å². The lowest BCUT2D eigenvalue weighted by molar-refractivity contribution is -0.134. The van der Waals surface area contributed by atoms with E-state index < -0.39 is 0 Å². The summed E-state index contributed by atoms with van der Waals surface area (Å²) in [4.78, 5) is 14.0. The molecule has 0 aromatic heterocycles. The lowest BCUT2D eigenvalue weighted by atomic mass is 9.87. The number of nitrogens with zero attached hydrogens (tertiary/aromatic N) is 1. The second-order valence-corrected chi connectivity index (χ2v) is 6.51. The summed E-state index contributed by atoms with van der Waals surface area (Å²) in [7, 11) is 0. The predicted octanol–water partition coefficient (Wildman–Crippen LogP) is 3.38. The van der Waals surface area contributed by atoms with Crippen molar-refractivity contribution in [3.05, 3.63) is 29.8 Å². The Hall–Kier alpha value is -1.51. The van der Waals surface area contributed by atoms with Crippen LogP contribution >= 0.6 is 0 Å². The van der Waals surface area contributed by atoms with Gasteiger partial charge in [-0.3, -0.25) is 4.79 Å². The van der Waals surface area contributed by atoms with E-state index in [4.69, 9.17) is 4.74 Å². The Morgan fingerprint density at radius 2 is 1.90 bits per heavy atom. The van der Waals surface area contributed by atoms with Gasteiger partial charge in [-0.05, 0) is 42.4 Å². The SMILES string of the molecule is CC(C)(C)c1cccc(OCC(=O)N2CCCCC2)c1. The van der Waals surface area contributed by atoms with Gasteiger partial charge in [0.25, 0.3) is 5.91 Å². The molecule has 3 heteroatoms. The molecule has 3 nitrogen and oxygen atoms in total. The Balaban J connectivity index is 1.92. The number of carbonyl (C=O) groups excluding carboxylic acids is 1. The van der Waals surface area contributed by atoms with Crippen LogP contribution in [0.2, 0.25) is 0 Å². The minimum atomic E-state index is 0.0935. The Labute approximate surface area is 121 Å². The molecule has 0 N–H and O–H groups in total. The highest BCUT2D eigenvalue weighted by atomic mass is 16.5. The molecular formula is C17H25NO2. The number of rotatable bonds is 3. The van der Waals surface area contributed by atoms with E-state index in [0.717, 1.165) is 31.7 Å². The molecule has 0 bridgehead atoms. The standard InChI is InChI=1S/C17H25NO2/c1-17(2,3)14-8-7-9-15(12-14)20-13-16(19)18-10-5-4-6-11-18/h7-9,12H,4-6,10-11,13H2,1-3H3. The maximum atomic E-state index is 12.1. The first-order valence-electron chi connectivity index (χ1n) is 7.48. The topological polar surface area (TPSA) is 29.5 Å². The van der Waals surface area contributed by atoms with Crippen molar-refractivity contribution in [3.8, 4) is 5.75 Å². The molecule has 1 aromatic carbocycles. The monoisotopic (exact) mass is 275 g/mol. The molecule has 0 saturated carbocycles. The van der Waals surface area contributed by atoms with Crippen LogP contribution in [0.1, 0.15) is 45.6 Å². The van der Waals surface area contributed by atoms with E-state index in [2.05, 4.69) is 26.8 Å². The van der Waals surface area contributed by atoms with E-state index in [1.165, 1.54) is 12.0 Å². The smallest absolute Gasteiger partial charge is 0.260 e. The average molecular weight is 275 g/mol. The van der Waals surface area contributed by atoms with Crippen LogP contribution in [0.5, 0.6) is 5.75 Å². The molecule has 0 atom stereocenters. The Kier molecular flexibility index (Phi) is 4.69. The number of amides is 1. The summed E-state index contributed by atoms with van der Waals surface area (Å²) in [5, 5.41) is 0. The molecule has 0 radical (unpaired) electrons. The number of carbonyl (C=O) groups is 1. The van der Waals surface area contributed by atoms with Crippen LogP contribution < -0.4 is 4.74 Å². The van der Waals surface area contributed by atoms with Crippen molar-refractivity contribution >= 4 is 5.91 Å². The molecular weight excluding hydrogens is 250 g/mol. The minimum absolute atomic E-state index is 0.0935. The van der Waals surface area contributed by atoms with Crippen molar-refractivity contribution in [2.24, 2.45) is 0 Å². The predicted molar refractivity (Wildman–Crippen MR) is 81.1 cm³/mol. The summed E-state index contributed by atoms with van der Waals surface area (Å²) in [6, 6.07) is 8.03. The zero-order valence-electron chi connectivity index (χ0n) is 12.8. The van der Waals surface area contributed by atoms with Gasteiger partial charge < -0.3 is 9.64 Å². The normalized spacial score (nSPS) is 16.1. The van der Waals surface area contributed by atoms with E-state index in [1.807, 2.05) is 23.1 Å². The molecule has 20 heavy (non-hydrogen) atoms. The molecule has 0 spiro atoms. The van der Waals surface area contributed by atoms with Gasteiger partial charge in [-0.1, -0.05) is 32.9 Å². The molecule has 1 aromatic rings. The Bertz CT molecular complexity index is 456. The number of hydrogen-bond donors (Lipinski definition) is 0. The largest absolute Gasteiger partial charge is 0.484 e. The zero-order valence-corrected chi connectivity index (χ0v) is 12.8. The van der Waals surface area contributed by atoms with Crippen LogP contribution in [-0.2, 0) is 10.2 Å². The molecule has 1 aliphatic rings. The molecule has 1 heterocycles. The number of hydrogen-bond acceptors (Lipinski definition) is 2. The van der Waals surface area contributed by atoms with Gasteiger partial charge in [-0.15, -0.1) is 0 Å². The number of piperidine rings is 1. The van der Waals surface area contributed by atoms with Gasteiger partial charge in [0.05, 0.1) is 0 Å². The van der Waals surface area contributed by atoms with Crippen molar-refractivity contribution < 1.29 is 9.53 Å². The molecule has 0 aliphatic carbocycles. The third-order valence-electron chi connectivity index (χ3n) is 3.77. The molecule has 1 aliphatic heterocycles. The van der Waals surface area contributed by atoms with Crippen molar-refractivity contribution in [3.63, 3.8) is 0 Å². The number of ether oxygens (including phenoxy) is 1. The quantitative estimate of drug-likeness (QED) is 0.846. The van der Waals surface area contributed by atoms with Crippen LogP contribution in [0.25, 0.3) is 0 Å². The maximum absolute atomic E-state index is 12.1. The zero-order chi connectivity index (χ0) is 14.6. The molecule has 2 rings (SSSR count). The molecule has 0 unspecified atom stereocenters. The number of likely N-dealkylation sites (tertiary alicyclic amines) is 1. The van der Waals surface area contributed by atoms with Gasteiger partial charge in [0.15, 0.2) is 6.61 Å². The summed E-state index contributed by atoms with van der Waals surface area (Å²) in [5.41, 5.74) is 1.32. The van der Waals surface area contributed by atoms with E-state index >= 15 is 0 Å². The van der Waals surface area contributed by atoms with Gasteiger partial charge in [0.2, 0.25) is 0 Å². The second-order valence-electron chi connectivity index (χ2n) is 6.51. The van der Waals surface area contributed by atoms with E-state index in [-0.39, 0.29) is 17.9 Å². The second kappa shape index (κ2) is 6.29. The van der Waals surface area contributed by atoms with Gasteiger partial charge in [0, 0.05) is 13.1 Å². The molecule has 110 valence electrons. The summed E-state index contributed by atoms with van der Waals surface area (Å²) in [5.74, 6) is 0.883. The first kappa shape index (κ1) is 14.9. The number of benzene rings is 1. The third-order valence-corrected chi connectivity index (χ3v) is 3.77. The minimum Gasteiger partial charge on any atom is -0.484 e. The maximum Gasteiger partial charge on any atom is 0.260 e. The lowest BCUT2D eigenvalue weighted by Crippen LogP contribution is -2.38. The average Bonchev–Trinajstić information content (AvgIpc) is 2.45. The van der Waals surface area contributed by atoms with Crippen LogP contribution in [0, 0.1) is 0 Å². The van der Waals surface area contributed by atoms with Crippen LogP contribution in [0.3, 0.4) is 0 Å². The van der Waals surface area contributed by atoms with E-state index in [9.17, 15) is 4.79 Å². The van der Waals surface area contributed by atoms with E-state index in [0.29, 0.717) is 0 Å². The fourth-order valence-electron chi connectivity index (χ4n) is 2.43. The van der Waals surface area contributed by atoms with Gasteiger partial charge in [0.1, 0.15) is 5.75 Å². The van der Waals surface area contributed by atoms with Crippen LogP contribution in [-0.4, -0.2) is 30.5 Å². The molecule has 1 fully saturated rings. The summed E-state index contributed by atoms with van der Waals surface area (Å²) in [6.45, 7) is 8.42. The van der Waals surface area contributed by atoms with Crippen LogP contribution in [0.4, 0.5) is 0 Å². The van der Waals surface area contributed by atoms with Gasteiger partial charge in [-0.2, -0.15) is 0 Å². The third kappa shape index (κ3) is 3.99. The Morgan fingerprint density at radius 1 is 1.20 bits per heavy atom.